The van der Waals surface area contributed by atoms with Gasteiger partial charge in [-0.1, -0.05) is 18.2 Å². The van der Waals surface area contributed by atoms with Gasteiger partial charge in [0.2, 0.25) is 10.0 Å². The molecule has 2 aromatic rings. The van der Waals surface area contributed by atoms with Crippen LogP contribution in [0.25, 0.3) is 10.9 Å². The molecule has 0 spiro atoms. The Hall–Kier alpha value is -1.41. The quantitative estimate of drug-likeness (QED) is 0.771. The number of methoxy groups -OCH3 is 1. The van der Waals surface area contributed by atoms with Crippen molar-refractivity contribution in [2.24, 2.45) is 5.14 Å². The molecule has 1 aromatic carbocycles. The van der Waals surface area contributed by atoms with Crippen molar-refractivity contribution in [3.05, 3.63) is 30.5 Å². The second-order valence-electron chi connectivity index (χ2n) is 4.35. The second kappa shape index (κ2) is 6.36. The molecule has 1 aromatic heterocycles. The lowest BCUT2D eigenvalue weighted by molar-refractivity contribution is 0.0670. The first-order valence-electron chi connectivity index (χ1n) is 6.21. The molecule has 0 bridgehead atoms. The number of fused-ring (bicyclic) bond motifs is 1. The standard InChI is InChI=1S/C13H18N2O4S/c1-18-8-9-19-7-6-15-10-13(20(14,16)17)11-4-2-3-5-12(11)15/h2-5,10H,6-9H2,1H3,(H2,14,16,17). The summed E-state index contributed by atoms with van der Waals surface area (Å²) < 4.78 is 35.3. The Morgan fingerprint density at radius 1 is 1.20 bits per heavy atom. The lowest BCUT2D eigenvalue weighted by Gasteiger charge is -2.06. The maximum absolute atomic E-state index is 11.6. The van der Waals surface area contributed by atoms with Crippen molar-refractivity contribution in [1.82, 2.24) is 4.57 Å². The number of benzene rings is 1. The average molecular weight is 298 g/mol. The maximum atomic E-state index is 11.6. The fourth-order valence-corrected chi connectivity index (χ4v) is 2.79. The minimum Gasteiger partial charge on any atom is -0.382 e. The highest BCUT2D eigenvalue weighted by Gasteiger charge is 2.16. The van der Waals surface area contributed by atoms with Crippen molar-refractivity contribution in [3.63, 3.8) is 0 Å². The van der Waals surface area contributed by atoms with Crippen molar-refractivity contribution in [2.75, 3.05) is 26.9 Å². The third-order valence-electron chi connectivity index (χ3n) is 2.97. The van der Waals surface area contributed by atoms with Crippen LogP contribution in [-0.2, 0) is 26.0 Å². The van der Waals surface area contributed by atoms with Gasteiger partial charge in [0, 0.05) is 30.8 Å². The largest absolute Gasteiger partial charge is 0.382 e. The normalized spacial score (nSPS) is 12.1. The molecule has 110 valence electrons. The molecule has 2 rings (SSSR count). The van der Waals surface area contributed by atoms with Crippen LogP contribution in [0.1, 0.15) is 0 Å². The van der Waals surface area contributed by atoms with E-state index in [1.54, 1.807) is 25.4 Å². The van der Waals surface area contributed by atoms with Crippen LogP contribution in [0.2, 0.25) is 0 Å². The van der Waals surface area contributed by atoms with Gasteiger partial charge < -0.3 is 14.0 Å². The van der Waals surface area contributed by atoms with Gasteiger partial charge in [0.25, 0.3) is 0 Å². The molecule has 0 atom stereocenters. The Labute approximate surface area is 118 Å². The lowest BCUT2D eigenvalue weighted by Crippen LogP contribution is -2.12. The zero-order valence-corrected chi connectivity index (χ0v) is 12.1. The van der Waals surface area contributed by atoms with Crippen molar-refractivity contribution in [1.29, 1.82) is 0 Å². The Kier molecular flexibility index (Phi) is 4.77. The number of sulfonamides is 1. The van der Waals surface area contributed by atoms with Crippen LogP contribution in [0.3, 0.4) is 0 Å². The van der Waals surface area contributed by atoms with E-state index in [0.29, 0.717) is 31.8 Å². The number of nitrogens with two attached hydrogens (primary N) is 1. The molecule has 0 saturated carbocycles. The van der Waals surface area contributed by atoms with Gasteiger partial charge in [-0.05, 0) is 6.07 Å². The fraction of sp³-hybridized carbons (Fsp3) is 0.385. The van der Waals surface area contributed by atoms with Gasteiger partial charge >= 0.3 is 0 Å². The van der Waals surface area contributed by atoms with Crippen molar-refractivity contribution >= 4 is 20.9 Å². The van der Waals surface area contributed by atoms with Crippen LogP contribution in [-0.4, -0.2) is 39.9 Å². The molecule has 1 heterocycles. The SMILES string of the molecule is COCCOCCn1cc(S(N)(=O)=O)c2ccccc21. The molecule has 0 aliphatic carbocycles. The first kappa shape index (κ1) is 15.0. The molecular formula is C13H18N2O4S. The van der Waals surface area contributed by atoms with E-state index in [4.69, 9.17) is 14.6 Å². The number of para-hydroxylation sites is 1. The summed E-state index contributed by atoms with van der Waals surface area (Å²) in [5.41, 5.74) is 0.826. The fourth-order valence-electron chi connectivity index (χ4n) is 2.03. The Bertz CT molecular complexity index is 679. The molecule has 0 aliphatic heterocycles. The van der Waals surface area contributed by atoms with Crippen molar-refractivity contribution in [2.45, 2.75) is 11.4 Å². The lowest BCUT2D eigenvalue weighted by atomic mass is 10.2. The second-order valence-corrected chi connectivity index (χ2v) is 5.88. The number of rotatable bonds is 7. The Morgan fingerprint density at radius 2 is 1.95 bits per heavy atom. The van der Waals surface area contributed by atoms with Gasteiger partial charge in [-0.25, -0.2) is 13.6 Å². The zero-order chi connectivity index (χ0) is 14.6. The van der Waals surface area contributed by atoms with Crippen LogP contribution in [0.4, 0.5) is 0 Å². The topological polar surface area (TPSA) is 83.5 Å². The number of primary sulfonamides is 1. The van der Waals surface area contributed by atoms with Crippen LogP contribution < -0.4 is 5.14 Å². The number of hydrogen-bond donors (Lipinski definition) is 1. The van der Waals surface area contributed by atoms with Gasteiger partial charge in [-0.2, -0.15) is 0 Å². The number of hydrogen-bond acceptors (Lipinski definition) is 4. The highest BCUT2D eigenvalue weighted by molar-refractivity contribution is 7.89. The minimum atomic E-state index is -3.73. The molecule has 0 fully saturated rings. The molecular weight excluding hydrogens is 280 g/mol. The summed E-state index contributed by atoms with van der Waals surface area (Å²) in [4.78, 5) is 0.144. The third-order valence-corrected chi connectivity index (χ3v) is 3.91. The van der Waals surface area contributed by atoms with Crippen LogP contribution in [0.15, 0.2) is 35.4 Å². The maximum Gasteiger partial charge on any atom is 0.240 e. The molecule has 0 amide bonds. The first-order chi connectivity index (χ1) is 9.54. The molecule has 0 aliphatic rings. The average Bonchev–Trinajstić information content (AvgIpc) is 2.78. The number of aromatic nitrogens is 1. The van der Waals surface area contributed by atoms with Crippen molar-refractivity contribution in [3.8, 4) is 0 Å². The zero-order valence-electron chi connectivity index (χ0n) is 11.3. The summed E-state index contributed by atoms with van der Waals surface area (Å²) in [7, 11) is -2.12. The summed E-state index contributed by atoms with van der Waals surface area (Å²) in [5, 5.41) is 5.87. The van der Waals surface area contributed by atoms with E-state index in [9.17, 15) is 8.42 Å². The molecule has 2 N–H and O–H groups in total. The van der Waals surface area contributed by atoms with E-state index < -0.39 is 10.0 Å². The van der Waals surface area contributed by atoms with E-state index in [1.807, 2.05) is 16.7 Å². The predicted octanol–water partition coefficient (Wildman–Crippen LogP) is 0.952. The summed E-state index contributed by atoms with van der Waals surface area (Å²) in [6, 6.07) is 7.25. The van der Waals surface area contributed by atoms with Gasteiger partial charge in [-0.3, -0.25) is 0 Å². The molecule has 6 nitrogen and oxygen atoms in total. The minimum absolute atomic E-state index is 0.144. The monoisotopic (exact) mass is 298 g/mol. The van der Waals surface area contributed by atoms with Gasteiger partial charge in [0.15, 0.2) is 0 Å². The van der Waals surface area contributed by atoms with Crippen LogP contribution in [0.5, 0.6) is 0 Å². The molecule has 20 heavy (non-hydrogen) atoms. The van der Waals surface area contributed by atoms with E-state index in [1.165, 1.54) is 0 Å². The van der Waals surface area contributed by atoms with E-state index >= 15 is 0 Å². The van der Waals surface area contributed by atoms with Gasteiger partial charge in [-0.15, -0.1) is 0 Å². The number of nitrogens with zero attached hydrogens (tertiary/aromatic N) is 1. The molecule has 0 saturated heterocycles. The van der Waals surface area contributed by atoms with E-state index in [2.05, 4.69) is 0 Å². The summed E-state index contributed by atoms with van der Waals surface area (Å²) in [6.07, 6.45) is 1.56. The Balaban J connectivity index is 2.21. The summed E-state index contributed by atoms with van der Waals surface area (Å²) in [6.45, 7) is 2.08. The van der Waals surface area contributed by atoms with Gasteiger partial charge in [0.1, 0.15) is 4.90 Å². The Morgan fingerprint density at radius 3 is 2.65 bits per heavy atom. The third kappa shape index (κ3) is 3.37. The molecule has 7 heteroatoms. The number of ether oxygens (including phenoxy) is 2. The highest BCUT2D eigenvalue weighted by Crippen LogP contribution is 2.24. The molecule has 0 unspecified atom stereocenters. The van der Waals surface area contributed by atoms with Gasteiger partial charge in [0.05, 0.1) is 19.8 Å². The predicted molar refractivity (Wildman–Crippen MR) is 76.0 cm³/mol. The molecule has 0 radical (unpaired) electrons. The highest BCUT2D eigenvalue weighted by atomic mass is 32.2. The first-order valence-corrected chi connectivity index (χ1v) is 7.76. The van der Waals surface area contributed by atoms with Crippen molar-refractivity contribution < 1.29 is 17.9 Å². The van der Waals surface area contributed by atoms with Crippen LogP contribution in [0, 0.1) is 0 Å². The van der Waals surface area contributed by atoms with E-state index in [-0.39, 0.29) is 4.90 Å². The summed E-state index contributed by atoms with van der Waals surface area (Å²) >= 11 is 0. The summed E-state index contributed by atoms with van der Waals surface area (Å²) in [5.74, 6) is 0. The van der Waals surface area contributed by atoms with E-state index in [0.717, 1.165) is 5.52 Å². The smallest absolute Gasteiger partial charge is 0.240 e. The van der Waals surface area contributed by atoms with Crippen LogP contribution >= 0.6 is 0 Å².